The van der Waals surface area contributed by atoms with E-state index in [9.17, 15) is 9.59 Å². The molecule has 0 atom stereocenters. The maximum Gasteiger partial charge on any atom is 0.315 e. The molecule has 3 N–H and O–H groups in total. The number of urea groups is 1. The summed E-state index contributed by atoms with van der Waals surface area (Å²) in [5, 5.41) is 9.25. The van der Waals surface area contributed by atoms with E-state index in [1.165, 1.54) is 19.3 Å². The van der Waals surface area contributed by atoms with Gasteiger partial charge >= 0.3 is 6.03 Å². The Morgan fingerprint density at radius 3 is 2.67 bits per heavy atom. The van der Waals surface area contributed by atoms with E-state index in [1.807, 2.05) is 19.1 Å². The average Bonchev–Trinajstić information content (AvgIpc) is 2.56. The third-order valence-corrected chi connectivity index (χ3v) is 4.67. The molecule has 0 bridgehead atoms. The highest BCUT2D eigenvalue weighted by Crippen LogP contribution is 2.20. The lowest BCUT2D eigenvalue weighted by Crippen LogP contribution is -2.43. The van der Waals surface area contributed by atoms with Crippen LogP contribution < -0.4 is 16.0 Å². The monoisotopic (exact) mass is 351 g/mol. The Labute approximate surface area is 148 Å². The number of amides is 3. The van der Waals surface area contributed by atoms with Gasteiger partial charge in [0.25, 0.3) is 0 Å². The Morgan fingerprint density at radius 1 is 1.21 bits per heavy atom. The molecule has 1 aliphatic rings. The van der Waals surface area contributed by atoms with Crippen molar-refractivity contribution in [3.05, 3.63) is 28.8 Å². The number of carbonyl (C=O) groups is 2. The molecule has 3 amide bonds. The van der Waals surface area contributed by atoms with Crippen molar-refractivity contribution in [2.45, 2.75) is 57.9 Å². The van der Waals surface area contributed by atoms with Crippen molar-refractivity contribution in [1.29, 1.82) is 0 Å². The summed E-state index contributed by atoms with van der Waals surface area (Å²) >= 11 is 6.03. The molecular weight excluding hydrogens is 326 g/mol. The van der Waals surface area contributed by atoms with Crippen molar-refractivity contribution in [2.75, 3.05) is 11.9 Å². The third-order valence-electron chi connectivity index (χ3n) is 4.26. The fourth-order valence-corrected chi connectivity index (χ4v) is 3.01. The molecular formula is C18H26ClN3O2. The fourth-order valence-electron chi connectivity index (χ4n) is 2.83. The number of hydrogen-bond donors (Lipinski definition) is 3. The minimum absolute atomic E-state index is 0.0793. The molecule has 0 heterocycles. The second-order valence-electron chi connectivity index (χ2n) is 6.35. The second-order valence-corrected chi connectivity index (χ2v) is 6.76. The van der Waals surface area contributed by atoms with Crippen LogP contribution in [0.1, 0.15) is 50.5 Å². The summed E-state index contributed by atoms with van der Waals surface area (Å²) in [6, 6.07) is 5.61. The van der Waals surface area contributed by atoms with E-state index < -0.39 is 0 Å². The lowest BCUT2D eigenvalue weighted by atomic mass is 9.96. The van der Waals surface area contributed by atoms with Crippen molar-refractivity contribution in [3.63, 3.8) is 0 Å². The van der Waals surface area contributed by atoms with Gasteiger partial charge in [0.1, 0.15) is 0 Å². The van der Waals surface area contributed by atoms with Crippen LogP contribution in [0.2, 0.25) is 5.02 Å². The number of aryl methyl sites for hydroxylation is 1. The van der Waals surface area contributed by atoms with Gasteiger partial charge in [-0.3, -0.25) is 4.79 Å². The van der Waals surface area contributed by atoms with Gasteiger partial charge in [-0.05, 0) is 43.9 Å². The van der Waals surface area contributed by atoms with Crippen molar-refractivity contribution in [3.8, 4) is 0 Å². The van der Waals surface area contributed by atoms with Gasteiger partial charge in [0.15, 0.2) is 0 Å². The van der Waals surface area contributed by atoms with E-state index in [2.05, 4.69) is 16.0 Å². The topological polar surface area (TPSA) is 70.2 Å². The van der Waals surface area contributed by atoms with Crippen LogP contribution >= 0.6 is 11.6 Å². The Morgan fingerprint density at radius 2 is 1.96 bits per heavy atom. The fraction of sp³-hybridized carbons (Fsp3) is 0.556. The van der Waals surface area contributed by atoms with Crippen LogP contribution in [0, 0.1) is 6.92 Å². The van der Waals surface area contributed by atoms with E-state index in [0.717, 1.165) is 18.4 Å². The van der Waals surface area contributed by atoms with Gasteiger partial charge in [0.05, 0.1) is 0 Å². The first-order chi connectivity index (χ1) is 11.5. The van der Waals surface area contributed by atoms with Crippen molar-refractivity contribution in [1.82, 2.24) is 10.6 Å². The highest BCUT2D eigenvalue weighted by atomic mass is 35.5. The minimum atomic E-state index is -0.132. The molecule has 2 rings (SSSR count). The number of carbonyl (C=O) groups excluding carboxylic acids is 2. The molecule has 24 heavy (non-hydrogen) atoms. The smallest absolute Gasteiger partial charge is 0.315 e. The summed E-state index contributed by atoms with van der Waals surface area (Å²) in [7, 11) is 0. The molecule has 0 unspecified atom stereocenters. The summed E-state index contributed by atoms with van der Waals surface area (Å²) in [5.41, 5.74) is 1.67. The van der Waals surface area contributed by atoms with E-state index in [0.29, 0.717) is 36.1 Å². The molecule has 1 saturated carbocycles. The van der Waals surface area contributed by atoms with Crippen LogP contribution in [0.4, 0.5) is 10.5 Å². The predicted molar refractivity (Wildman–Crippen MR) is 97.5 cm³/mol. The van der Waals surface area contributed by atoms with E-state index >= 15 is 0 Å². The van der Waals surface area contributed by atoms with Crippen LogP contribution in [-0.2, 0) is 4.79 Å². The number of anilines is 1. The molecule has 0 spiro atoms. The normalized spacial score (nSPS) is 14.9. The Balaban J connectivity index is 1.60. The lowest BCUT2D eigenvalue weighted by molar-refractivity contribution is -0.116. The highest BCUT2D eigenvalue weighted by molar-refractivity contribution is 6.31. The molecule has 0 aliphatic heterocycles. The van der Waals surface area contributed by atoms with Gasteiger partial charge < -0.3 is 16.0 Å². The maximum atomic E-state index is 11.9. The largest absolute Gasteiger partial charge is 0.338 e. The lowest BCUT2D eigenvalue weighted by Gasteiger charge is -2.22. The summed E-state index contributed by atoms with van der Waals surface area (Å²) in [5.74, 6) is -0.0793. The first kappa shape index (κ1) is 18.6. The molecule has 1 aliphatic carbocycles. The Bertz CT molecular complexity index is 571. The summed E-state index contributed by atoms with van der Waals surface area (Å²) in [6.45, 7) is 2.40. The molecule has 1 aromatic carbocycles. The van der Waals surface area contributed by atoms with Gasteiger partial charge in [0, 0.05) is 29.7 Å². The SMILES string of the molecule is Cc1ccc(NC(=O)CCCNC(=O)NC2CCCCC2)cc1Cl. The predicted octanol–water partition coefficient (Wildman–Crippen LogP) is 4.00. The van der Waals surface area contributed by atoms with Gasteiger partial charge in [0.2, 0.25) is 5.91 Å². The van der Waals surface area contributed by atoms with Crippen LogP contribution in [0.3, 0.4) is 0 Å². The van der Waals surface area contributed by atoms with E-state index in [4.69, 9.17) is 11.6 Å². The summed E-state index contributed by atoms with van der Waals surface area (Å²) in [4.78, 5) is 23.7. The summed E-state index contributed by atoms with van der Waals surface area (Å²) in [6.07, 6.45) is 6.73. The third kappa shape index (κ3) is 6.40. The molecule has 0 radical (unpaired) electrons. The zero-order valence-electron chi connectivity index (χ0n) is 14.2. The zero-order chi connectivity index (χ0) is 17.4. The standard InChI is InChI=1S/C18H26ClN3O2/c1-13-9-10-15(12-16(13)19)21-17(23)8-5-11-20-18(24)22-14-6-3-2-4-7-14/h9-10,12,14H,2-8,11H2,1H3,(H,21,23)(H2,20,22,24). The minimum Gasteiger partial charge on any atom is -0.338 e. The van der Waals surface area contributed by atoms with Gasteiger partial charge in [-0.1, -0.05) is 36.9 Å². The molecule has 132 valence electrons. The molecule has 1 fully saturated rings. The van der Waals surface area contributed by atoms with Gasteiger partial charge in [-0.25, -0.2) is 4.79 Å². The van der Waals surface area contributed by atoms with Crippen molar-refractivity contribution < 1.29 is 9.59 Å². The van der Waals surface area contributed by atoms with Crippen LogP contribution in [0.25, 0.3) is 0 Å². The zero-order valence-corrected chi connectivity index (χ0v) is 14.9. The van der Waals surface area contributed by atoms with Crippen LogP contribution in [-0.4, -0.2) is 24.5 Å². The molecule has 0 aromatic heterocycles. The number of nitrogens with one attached hydrogen (secondary N) is 3. The first-order valence-electron chi connectivity index (χ1n) is 8.65. The van der Waals surface area contributed by atoms with Crippen molar-refractivity contribution >= 4 is 29.2 Å². The Kier molecular flexibility index (Phi) is 7.37. The van der Waals surface area contributed by atoms with Crippen molar-refractivity contribution in [2.24, 2.45) is 0 Å². The first-order valence-corrected chi connectivity index (χ1v) is 9.03. The molecule has 1 aromatic rings. The van der Waals surface area contributed by atoms with Crippen LogP contribution in [0.15, 0.2) is 18.2 Å². The number of rotatable bonds is 6. The quantitative estimate of drug-likeness (QED) is 0.678. The Hall–Kier alpha value is -1.75. The van der Waals surface area contributed by atoms with E-state index in [1.54, 1.807) is 6.07 Å². The number of halogens is 1. The molecule has 6 heteroatoms. The summed E-state index contributed by atoms with van der Waals surface area (Å²) < 4.78 is 0. The average molecular weight is 352 g/mol. The van der Waals surface area contributed by atoms with Crippen LogP contribution in [0.5, 0.6) is 0 Å². The maximum absolute atomic E-state index is 11.9. The molecule has 5 nitrogen and oxygen atoms in total. The van der Waals surface area contributed by atoms with E-state index in [-0.39, 0.29) is 11.9 Å². The van der Waals surface area contributed by atoms with Gasteiger partial charge in [-0.2, -0.15) is 0 Å². The highest BCUT2D eigenvalue weighted by Gasteiger charge is 2.15. The van der Waals surface area contributed by atoms with Gasteiger partial charge in [-0.15, -0.1) is 0 Å². The second kappa shape index (κ2) is 9.52. The number of benzene rings is 1. The molecule has 0 saturated heterocycles. The number of hydrogen-bond acceptors (Lipinski definition) is 2.